The molecule has 0 spiro atoms. The average molecular weight is 282 g/mol. The van der Waals surface area contributed by atoms with Gasteiger partial charge in [0, 0.05) is 12.1 Å². The number of aromatic carboxylic acids is 1. The molecule has 0 radical (unpaired) electrons. The van der Waals surface area contributed by atoms with Crippen LogP contribution in [-0.2, 0) is 0 Å². The molecule has 1 N–H and O–H groups in total. The summed E-state index contributed by atoms with van der Waals surface area (Å²) in [6.07, 6.45) is 3.79. The number of halogens is 1. The molecule has 20 heavy (non-hydrogen) atoms. The molecule has 4 nitrogen and oxygen atoms in total. The Kier molecular flexibility index (Phi) is 4.47. The minimum atomic E-state index is -1.16. The number of hydrogen-bond acceptors (Lipinski definition) is 3. The molecule has 0 bridgehead atoms. The molecule has 1 aliphatic rings. The molecule has 1 fully saturated rings. The Labute approximate surface area is 117 Å². The topological polar surface area (TPSA) is 55.8 Å². The van der Waals surface area contributed by atoms with Gasteiger partial charge in [0.25, 0.3) is 0 Å². The first-order chi connectivity index (χ1) is 9.51. The number of methoxy groups -OCH3 is 1. The second-order valence-corrected chi connectivity index (χ2v) is 5.29. The van der Waals surface area contributed by atoms with Crippen LogP contribution in [0, 0.1) is 11.7 Å². The van der Waals surface area contributed by atoms with Crippen LogP contribution in [0.5, 0.6) is 11.5 Å². The number of benzene rings is 1. The zero-order valence-corrected chi connectivity index (χ0v) is 11.7. The predicted molar refractivity (Wildman–Crippen MR) is 72.0 cm³/mol. The summed E-state index contributed by atoms with van der Waals surface area (Å²) in [6.45, 7) is 2.19. The van der Waals surface area contributed by atoms with Gasteiger partial charge in [0.05, 0.1) is 13.2 Å². The number of carboxylic acid groups (broad SMARTS) is 1. The largest absolute Gasteiger partial charge is 0.496 e. The van der Waals surface area contributed by atoms with E-state index in [-0.39, 0.29) is 23.2 Å². The molecular weight excluding hydrogens is 263 g/mol. The molecule has 0 heterocycles. The monoisotopic (exact) mass is 282 g/mol. The van der Waals surface area contributed by atoms with E-state index in [1.54, 1.807) is 0 Å². The van der Waals surface area contributed by atoms with Gasteiger partial charge in [0.15, 0.2) is 11.6 Å². The number of carboxylic acids is 1. The maximum Gasteiger partial charge on any atom is 0.339 e. The third-order valence-corrected chi connectivity index (χ3v) is 3.74. The van der Waals surface area contributed by atoms with E-state index in [2.05, 4.69) is 6.92 Å². The van der Waals surface area contributed by atoms with E-state index in [9.17, 15) is 9.18 Å². The van der Waals surface area contributed by atoms with Crippen molar-refractivity contribution >= 4 is 5.97 Å². The lowest BCUT2D eigenvalue weighted by Crippen LogP contribution is -2.23. The van der Waals surface area contributed by atoms with Crippen LogP contribution >= 0.6 is 0 Å². The molecule has 110 valence electrons. The maximum absolute atomic E-state index is 13.9. The van der Waals surface area contributed by atoms with Crippen molar-refractivity contribution in [3.05, 3.63) is 23.5 Å². The minimum absolute atomic E-state index is 0.000355. The summed E-state index contributed by atoms with van der Waals surface area (Å²) in [6, 6.07) is 2.26. The fourth-order valence-corrected chi connectivity index (χ4v) is 2.49. The summed E-state index contributed by atoms with van der Waals surface area (Å²) in [4.78, 5) is 11.1. The van der Waals surface area contributed by atoms with Gasteiger partial charge in [0.2, 0.25) is 0 Å². The molecule has 1 aromatic rings. The van der Waals surface area contributed by atoms with Gasteiger partial charge in [-0.2, -0.15) is 0 Å². The summed E-state index contributed by atoms with van der Waals surface area (Å²) in [5.74, 6) is -1.10. The standard InChI is InChI=1S/C15H19FO4/c1-9-3-5-10(6-4-9)20-14-7-11(15(17)18)13(19-2)8-12(14)16/h7-10H,3-6H2,1-2H3,(H,17,18). The fourth-order valence-electron chi connectivity index (χ4n) is 2.49. The Morgan fingerprint density at radius 3 is 2.45 bits per heavy atom. The lowest BCUT2D eigenvalue weighted by atomic mass is 9.89. The highest BCUT2D eigenvalue weighted by molar-refractivity contribution is 5.91. The Bertz CT molecular complexity index is 493. The zero-order valence-electron chi connectivity index (χ0n) is 11.7. The van der Waals surface area contributed by atoms with Crippen molar-refractivity contribution in [2.45, 2.75) is 38.7 Å². The fraction of sp³-hybridized carbons (Fsp3) is 0.533. The third-order valence-electron chi connectivity index (χ3n) is 3.74. The summed E-state index contributed by atoms with van der Waals surface area (Å²) in [5, 5.41) is 9.09. The van der Waals surface area contributed by atoms with Gasteiger partial charge in [-0.15, -0.1) is 0 Å². The molecule has 1 aromatic carbocycles. The molecular formula is C15H19FO4. The normalized spacial score (nSPS) is 22.4. The molecule has 0 saturated heterocycles. The zero-order chi connectivity index (χ0) is 14.7. The summed E-state index contributed by atoms with van der Waals surface area (Å²) < 4.78 is 24.4. The van der Waals surface area contributed by atoms with Gasteiger partial charge in [0.1, 0.15) is 11.3 Å². The van der Waals surface area contributed by atoms with Crippen LogP contribution < -0.4 is 9.47 Å². The highest BCUT2D eigenvalue weighted by atomic mass is 19.1. The Hall–Kier alpha value is -1.78. The molecule has 0 unspecified atom stereocenters. The highest BCUT2D eigenvalue weighted by Gasteiger charge is 2.23. The van der Waals surface area contributed by atoms with E-state index in [0.717, 1.165) is 31.7 Å². The first-order valence-corrected chi connectivity index (χ1v) is 6.78. The van der Waals surface area contributed by atoms with Gasteiger partial charge in [-0.3, -0.25) is 0 Å². The molecule has 1 saturated carbocycles. The van der Waals surface area contributed by atoms with Crippen LogP contribution in [0.4, 0.5) is 4.39 Å². The summed E-state index contributed by atoms with van der Waals surface area (Å²) >= 11 is 0. The van der Waals surface area contributed by atoms with Gasteiger partial charge in [-0.1, -0.05) is 6.92 Å². The van der Waals surface area contributed by atoms with Crippen LogP contribution in [0.1, 0.15) is 43.0 Å². The lowest BCUT2D eigenvalue weighted by Gasteiger charge is -2.27. The van der Waals surface area contributed by atoms with E-state index >= 15 is 0 Å². The van der Waals surface area contributed by atoms with Crippen LogP contribution in [0.2, 0.25) is 0 Å². The molecule has 0 aromatic heterocycles. The second-order valence-electron chi connectivity index (χ2n) is 5.29. The Morgan fingerprint density at radius 1 is 1.25 bits per heavy atom. The van der Waals surface area contributed by atoms with Crippen molar-refractivity contribution < 1.29 is 23.8 Å². The van der Waals surface area contributed by atoms with Crippen LogP contribution in [0.25, 0.3) is 0 Å². The van der Waals surface area contributed by atoms with Crippen molar-refractivity contribution in [2.24, 2.45) is 5.92 Å². The summed E-state index contributed by atoms with van der Waals surface area (Å²) in [5.41, 5.74) is -0.0897. The highest BCUT2D eigenvalue weighted by Crippen LogP contribution is 2.32. The molecule has 2 rings (SSSR count). The van der Waals surface area contributed by atoms with Gasteiger partial charge < -0.3 is 14.6 Å². The molecule has 0 amide bonds. The van der Waals surface area contributed by atoms with Crippen molar-refractivity contribution in [2.75, 3.05) is 7.11 Å². The smallest absolute Gasteiger partial charge is 0.339 e. The molecule has 0 atom stereocenters. The van der Waals surface area contributed by atoms with Crippen LogP contribution in [-0.4, -0.2) is 24.3 Å². The SMILES string of the molecule is COc1cc(F)c(OC2CCC(C)CC2)cc1C(=O)O. The first kappa shape index (κ1) is 14.6. The average Bonchev–Trinajstić information content (AvgIpc) is 2.42. The minimum Gasteiger partial charge on any atom is -0.496 e. The van der Waals surface area contributed by atoms with Gasteiger partial charge >= 0.3 is 5.97 Å². The van der Waals surface area contributed by atoms with Crippen molar-refractivity contribution in [3.8, 4) is 11.5 Å². The van der Waals surface area contributed by atoms with Crippen LogP contribution in [0.3, 0.4) is 0 Å². The number of carbonyl (C=O) groups is 1. The summed E-state index contributed by atoms with van der Waals surface area (Å²) in [7, 11) is 1.31. The second kappa shape index (κ2) is 6.11. The Balaban J connectivity index is 2.19. The molecule has 1 aliphatic carbocycles. The van der Waals surface area contributed by atoms with E-state index in [4.69, 9.17) is 14.6 Å². The maximum atomic E-state index is 13.9. The third kappa shape index (κ3) is 3.21. The van der Waals surface area contributed by atoms with Crippen LogP contribution in [0.15, 0.2) is 12.1 Å². The van der Waals surface area contributed by atoms with E-state index < -0.39 is 11.8 Å². The van der Waals surface area contributed by atoms with E-state index in [1.807, 2.05) is 0 Å². The van der Waals surface area contributed by atoms with Crippen molar-refractivity contribution in [1.82, 2.24) is 0 Å². The quantitative estimate of drug-likeness (QED) is 0.918. The lowest BCUT2D eigenvalue weighted by molar-refractivity contribution is 0.0691. The van der Waals surface area contributed by atoms with E-state index in [1.165, 1.54) is 13.2 Å². The van der Waals surface area contributed by atoms with Crippen molar-refractivity contribution in [1.29, 1.82) is 0 Å². The first-order valence-electron chi connectivity index (χ1n) is 6.78. The number of ether oxygens (including phenoxy) is 2. The van der Waals surface area contributed by atoms with E-state index in [0.29, 0.717) is 5.92 Å². The Morgan fingerprint density at radius 2 is 1.90 bits per heavy atom. The van der Waals surface area contributed by atoms with Crippen molar-refractivity contribution in [3.63, 3.8) is 0 Å². The molecule has 5 heteroatoms. The molecule has 0 aliphatic heterocycles. The van der Waals surface area contributed by atoms with Gasteiger partial charge in [-0.25, -0.2) is 9.18 Å². The number of hydrogen-bond donors (Lipinski definition) is 1. The number of rotatable bonds is 4. The predicted octanol–water partition coefficient (Wildman–Crippen LogP) is 3.49. The van der Waals surface area contributed by atoms with Gasteiger partial charge in [-0.05, 0) is 31.6 Å².